The second-order valence-electron chi connectivity index (χ2n) is 23.0. The summed E-state index contributed by atoms with van der Waals surface area (Å²) < 4.78 is 186. The van der Waals surface area contributed by atoms with E-state index in [1.807, 2.05) is 168 Å². The maximum absolute atomic E-state index is 9.74. The summed E-state index contributed by atoms with van der Waals surface area (Å²) in [6.07, 6.45) is 0. The Morgan fingerprint density at radius 3 is 1.14 bits per heavy atom. The number of thiophene rings is 2. The van der Waals surface area contributed by atoms with Gasteiger partial charge in [-0.15, -0.1) is 22.7 Å². The fraction of sp³-hybridized carbons (Fsp3) is 0. The van der Waals surface area contributed by atoms with Crippen molar-refractivity contribution in [2.75, 3.05) is 0 Å². The van der Waals surface area contributed by atoms with Crippen LogP contribution in [0, 0.1) is 6.57 Å². The van der Waals surface area contributed by atoms with E-state index >= 15 is 0 Å². The van der Waals surface area contributed by atoms with Crippen LogP contribution >= 0.6 is 22.7 Å². The quantitative estimate of drug-likeness (QED) is 0.128. The van der Waals surface area contributed by atoms with Gasteiger partial charge in [0.1, 0.15) is 0 Å². The first-order valence-corrected chi connectivity index (χ1v) is 32.2. The molecule has 446 valence electrons. The lowest BCUT2D eigenvalue weighted by atomic mass is 9.94. The number of hydrogen-bond donors (Lipinski definition) is 0. The Balaban J connectivity index is 1.00. The van der Waals surface area contributed by atoms with Crippen molar-refractivity contribution in [3.05, 3.63) is 326 Å². The van der Waals surface area contributed by atoms with Gasteiger partial charge in [0.2, 0.25) is 5.69 Å². The van der Waals surface area contributed by atoms with E-state index in [-0.39, 0.29) is 52.4 Å². The Kier molecular flexibility index (Phi) is 9.02. The van der Waals surface area contributed by atoms with E-state index in [0.29, 0.717) is 61.1 Å². The fourth-order valence-corrected chi connectivity index (χ4v) is 16.0. The summed E-state index contributed by atoms with van der Waals surface area (Å²) in [5, 5.41) is 6.00. The Morgan fingerprint density at radius 2 is 0.688 bits per heavy atom. The van der Waals surface area contributed by atoms with E-state index in [2.05, 4.69) is 21.5 Å². The standard InChI is InChI=1S/C88H52N6S2/c1-89-72-53-71(88-91-86(59-33-19-7-20-34-59)90-87(92-88)60-35-21-8-22-36-60)82(93-73-43-37-61(54-23-9-2-10-24-54)51-69(73)80-75(93)45-41-65-67-49-63(56-27-13-4-14-28-56)39-47-77(67)95-84(65)80)79(58-31-17-6-18-32-58)83(72)94-74-44-38-62(55-25-11-3-12-26-55)52-70(74)81-76(94)46-42-66-68-50-64(57-29-15-5-16-30-57)40-48-78(68)96-85(66)81/h2-53H/i4D,5D,7D,8D,13D,14D,15D,16D,19D,20D,21D,22D,27D,28D,29D,30D,33D,34D,35D,36D. The molecule has 0 unspecified atom stereocenters. The summed E-state index contributed by atoms with van der Waals surface area (Å²) in [6, 6.07) is 50.1. The molecule has 0 aliphatic heterocycles. The first-order valence-electron chi connectivity index (χ1n) is 40.5. The highest BCUT2D eigenvalue weighted by Gasteiger charge is 2.31. The third-order valence-corrected chi connectivity index (χ3v) is 20.1. The van der Waals surface area contributed by atoms with E-state index in [0.717, 1.165) is 78.8 Å². The van der Waals surface area contributed by atoms with Crippen LogP contribution in [-0.2, 0) is 0 Å². The molecule has 0 bridgehead atoms. The zero-order chi connectivity index (χ0) is 80.8. The van der Waals surface area contributed by atoms with Gasteiger partial charge in [0.15, 0.2) is 17.5 Å². The molecule has 0 atom stereocenters. The molecule has 0 spiro atoms. The third kappa shape index (κ3) is 8.94. The van der Waals surface area contributed by atoms with Crippen molar-refractivity contribution in [2.45, 2.75) is 0 Å². The van der Waals surface area contributed by atoms with Crippen molar-refractivity contribution in [3.63, 3.8) is 0 Å². The molecular formula is C88H52N6S2. The van der Waals surface area contributed by atoms with Gasteiger partial charge in [-0.05, 0) is 117 Å². The van der Waals surface area contributed by atoms with Crippen molar-refractivity contribution in [1.82, 2.24) is 24.1 Å². The van der Waals surface area contributed by atoms with Gasteiger partial charge in [-0.3, -0.25) is 0 Å². The molecule has 19 rings (SSSR count). The highest BCUT2D eigenvalue weighted by molar-refractivity contribution is 7.27. The largest absolute Gasteiger partial charge is 0.318 e. The van der Waals surface area contributed by atoms with Crippen LogP contribution in [-0.4, -0.2) is 24.1 Å². The molecule has 14 aromatic carbocycles. The van der Waals surface area contributed by atoms with Gasteiger partial charge in [-0.1, -0.05) is 248 Å². The lowest BCUT2D eigenvalue weighted by Crippen LogP contribution is -2.08. The molecule has 0 fully saturated rings. The molecule has 0 saturated carbocycles. The molecule has 5 heterocycles. The van der Waals surface area contributed by atoms with Crippen LogP contribution in [0.15, 0.2) is 315 Å². The number of hydrogen-bond acceptors (Lipinski definition) is 5. The lowest BCUT2D eigenvalue weighted by Gasteiger charge is -2.24. The van der Waals surface area contributed by atoms with Crippen LogP contribution in [0.1, 0.15) is 27.4 Å². The molecule has 19 aromatic rings. The van der Waals surface area contributed by atoms with Gasteiger partial charge < -0.3 is 9.13 Å². The van der Waals surface area contributed by atoms with E-state index in [1.165, 1.54) is 22.7 Å². The fourth-order valence-electron chi connectivity index (χ4n) is 13.6. The van der Waals surface area contributed by atoms with Crippen LogP contribution in [0.3, 0.4) is 0 Å². The van der Waals surface area contributed by atoms with Crippen LogP contribution in [0.5, 0.6) is 0 Å². The Morgan fingerprint density at radius 1 is 0.312 bits per heavy atom. The van der Waals surface area contributed by atoms with E-state index < -0.39 is 119 Å². The van der Waals surface area contributed by atoms with Gasteiger partial charge in [0.05, 0.1) is 67.4 Å². The van der Waals surface area contributed by atoms with Crippen molar-refractivity contribution in [2.24, 2.45) is 0 Å². The topological polar surface area (TPSA) is 52.9 Å². The zero-order valence-electron chi connectivity index (χ0n) is 70.0. The first kappa shape index (κ1) is 38.6. The minimum Gasteiger partial charge on any atom is -0.318 e. The summed E-state index contributed by atoms with van der Waals surface area (Å²) in [5.41, 5.74) is 7.39. The van der Waals surface area contributed by atoms with Gasteiger partial charge in [-0.2, -0.15) is 0 Å². The monoisotopic (exact) mass is 1280 g/mol. The van der Waals surface area contributed by atoms with Gasteiger partial charge in [0, 0.05) is 84.1 Å². The van der Waals surface area contributed by atoms with E-state index in [1.54, 1.807) is 18.2 Å². The predicted molar refractivity (Wildman–Crippen MR) is 404 cm³/mol. The van der Waals surface area contributed by atoms with Crippen molar-refractivity contribution in [3.8, 4) is 101 Å². The molecule has 5 aromatic heterocycles. The maximum atomic E-state index is 9.74. The number of aromatic nitrogens is 5. The van der Waals surface area contributed by atoms with Crippen molar-refractivity contribution >= 4 is 112 Å². The average molecular weight is 1280 g/mol. The molecular weight excluding hydrogens is 1210 g/mol. The third-order valence-electron chi connectivity index (χ3n) is 17.7. The van der Waals surface area contributed by atoms with Gasteiger partial charge in [-0.25, -0.2) is 19.8 Å². The Bertz CT molecular complexity index is 7460. The Labute approximate surface area is 588 Å². The van der Waals surface area contributed by atoms with Crippen LogP contribution in [0.2, 0.25) is 0 Å². The minimum atomic E-state index is -0.745. The zero-order valence-corrected chi connectivity index (χ0v) is 51.6. The van der Waals surface area contributed by atoms with Gasteiger partial charge >= 0.3 is 0 Å². The normalized spacial score (nSPS) is 14.7. The second-order valence-corrected chi connectivity index (χ2v) is 25.1. The molecule has 0 aliphatic rings. The van der Waals surface area contributed by atoms with E-state index in [4.69, 9.17) is 36.9 Å². The predicted octanol–water partition coefficient (Wildman–Crippen LogP) is 24.7. The molecule has 8 heteroatoms. The molecule has 0 saturated heterocycles. The van der Waals surface area contributed by atoms with E-state index in [9.17, 15) is 12.1 Å². The first-order chi connectivity index (χ1) is 55.8. The number of benzene rings is 14. The summed E-state index contributed by atoms with van der Waals surface area (Å²) >= 11 is 2.99. The maximum Gasteiger partial charge on any atom is 0.212 e. The summed E-state index contributed by atoms with van der Waals surface area (Å²) in [6.45, 7) is 9.74. The highest BCUT2D eigenvalue weighted by Crippen LogP contribution is 2.54. The van der Waals surface area contributed by atoms with Gasteiger partial charge in [0.25, 0.3) is 0 Å². The van der Waals surface area contributed by atoms with Crippen molar-refractivity contribution in [1.29, 1.82) is 0 Å². The average Bonchev–Trinajstić information content (AvgIpc) is 1.51. The minimum absolute atomic E-state index is 0.00341. The molecule has 96 heavy (non-hydrogen) atoms. The summed E-state index contributed by atoms with van der Waals surface area (Å²) in [7, 11) is 0. The lowest BCUT2D eigenvalue weighted by molar-refractivity contribution is 1.06. The van der Waals surface area contributed by atoms with Crippen LogP contribution in [0.4, 0.5) is 5.69 Å². The smallest absolute Gasteiger partial charge is 0.212 e. The Hall–Kier alpha value is -12.4. The molecule has 0 radical (unpaired) electrons. The number of rotatable bonds is 10. The van der Waals surface area contributed by atoms with Crippen LogP contribution in [0.25, 0.3) is 190 Å². The van der Waals surface area contributed by atoms with Crippen molar-refractivity contribution < 1.29 is 27.4 Å². The summed E-state index contributed by atoms with van der Waals surface area (Å²) in [5.74, 6) is -1.40. The molecule has 0 aliphatic carbocycles. The number of fused-ring (bicyclic) bond motifs is 14. The molecule has 0 amide bonds. The highest BCUT2D eigenvalue weighted by atomic mass is 32.1. The molecule has 0 N–H and O–H groups in total. The summed E-state index contributed by atoms with van der Waals surface area (Å²) in [4.78, 5) is 19.6. The second kappa shape index (κ2) is 22.4. The molecule has 6 nitrogen and oxygen atoms in total. The number of nitrogens with zero attached hydrogens (tertiary/aromatic N) is 6. The van der Waals surface area contributed by atoms with Crippen LogP contribution < -0.4 is 0 Å². The SMILES string of the molecule is [2H]c1c([2H])c([2H])c(-c2ccc3sc4c(ccc5c4c4cc(-c6ccccc6)ccc4n5-c4c([N+]#[C-])cc(-c5nc(-c6c([2H])c([2H])c([2H])c([2H])c6[2H])nc(-c6c([2H])c([2H])c([2H])c([2H])c6[2H])n5)c(-n5c6ccc(-c7ccccc7)cc6c6c7sc8ccc(-c9c([2H])c([2H])c([2H])c([2H])c9[2H])cc8c7ccc65)c4-c4ccccc4)c3c2)c([2H])c1[2H].